The third kappa shape index (κ3) is 3.49. The average molecular weight is 394 g/mol. The lowest BCUT2D eigenvalue weighted by Gasteiger charge is -2.15. The lowest BCUT2D eigenvalue weighted by molar-refractivity contribution is -0.110. The van der Waals surface area contributed by atoms with Crippen LogP contribution in [-0.4, -0.2) is 14.3 Å². The van der Waals surface area contributed by atoms with E-state index in [9.17, 15) is 13.2 Å². The molecule has 28 heavy (non-hydrogen) atoms. The van der Waals surface area contributed by atoms with Crippen molar-refractivity contribution in [2.75, 3.05) is 5.32 Å². The van der Waals surface area contributed by atoms with E-state index in [2.05, 4.69) is 10.0 Å². The highest BCUT2D eigenvalue weighted by atomic mass is 32.2. The minimum Gasteiger partial charge on any atom is -0.465 e. The Morgan fingerprint density at radius 2 is 1.86 bits per heavy atom. The van der Waals surface area contributed by atoms with E-state index in [1.54, 1.807) is 31.2 Å². The lowest BCUT2D eigenvalue weighted by Crippen LogP contribution is -2.26. The molecule has 0 spiro atoms. The summed E-state index contributed by atoms with van der Waals surface area (Å²) in [5.74, 6) is 0.216. The van der Waals surface area contributed by atoms with Crippen LogP contribution in [0.15, 0.2) is 76.2 Å². The SMILES string of the molecule is CC(NS(=O)(=O)c1ccc2c(c1)/C(=C/c1ccco1)C(=O)N2)c1ccccc1. The molecule has 4 rings (SSSR count). The molecule has 1 atom stereocenters. The summed E-state index contributed by atoms with van der Waals surface area (Å²) in [4.78, 5) is 12.4. The van der Waals surface area contributed by atoms with Gasteiger partial charge in [0.2, 0.25) is 10.0 Å². The van der Waals surface area contributed by atoms with Crippen molar-refractivity contribution in [2.45, 2.75) is 17.9 Å². The maximum Gasteiger partial charge on any atom is 0.256 e. The molecule has 0 saturated carbocycles. The average Bonchev–Trinajstić information content (AvgIpc) is 3.30. The highest BCUT2D eigenvalue weighted by molar-refractivity contribution is 7.89. The molecule has 0 aliphatic carbocycles. The van der Waals surface area contributed by atoms with Gasteiger partial charge in [-0.1, -0.05) is 30.3 Å². The van der Waals surface area contributed by atoms with Crippen LogP contribution in [0.1, 0.15) is 29.9 Å². The van der Waals surface area contributed by atoms with E-state index in [1.807, 2.05) is 30.3 Å². The molecule has 1 aliphatic rings. The quantitative estimate of drug-likeness (QED) is 0.644. The molecule has 6 nitrogen and oxygen atoms in total. The first-order chi connectivity index (χ1) is 13.4. The molecule has 0 saturated heterocycles. The molecule has 2 heterocycles. The lowest BCUT2D eigenvalue weighted by atomic mass is 10.1. The molecule has 0 radical (unpaired) electrons. The number of carbonyl (C=O) groups is 1. The first-order valence-electron chi connectivity index (χ1n) is 8.72. The highest BCUT2D eigenvalue weighted by Gasteiger charge is 2.27. The number of sulfonamides is 1. The third-order valence-corrected chi connectivity index (χ3v) is 6.08. The predicted molar refractivity (Wildman–Crippen MR) is 107 cm³/mol. The molecule has 2 N–H and O–H groups in total. The third-order valence-electron chi connectivity index (χ3n) is 4.55. The van der Waals surface area contributed by atoms with Crippen LogP contribution < -0.4 is 10.0 Å². The number of fused-ring (bicyclic) bond motifs is 1. The number of amides is 1. The summed E-state index contributed by atoms with van der Waals surface area (Å²) in [6.07, 6.45) is 3.10. The number of benzene rings is 2. The van der Waals surface area contributed by atoms with Crippen LogP contribution in [0.2, 0.25) is 0 Å². The van der Waals surface area contributed by atoms with E-state index in [-0.39, 0.29) is 10.8 Å². The Kier molecular flexibility index (Phi) is 4.62. The van der Waals surface area contributed by atoms with E-state index < -0.39 is 16.1 Å². The second-order valence-electron chi connectivity index (χ2n) is 6.49. The van der Waals surface area contributed by atoms with E-state index >= 15 is 0 Å². The molecular formula is C21H18N2O4S. The fourth-order valence-electron chi connectivity index (χ4n) is 3.10. The van der Waals surface area contributed by atoms with Gasteiger partial charge in [-0.2, -0.15) is 0 Å². The smallest absolute Gasteiger partial charge is 0.256 e. The topological polar surface area (TPSA) is 88.4 Å². The summed E-state index contributed by atoms with van der Waals surface area (Å²) in [5, 5.41) is 2.74. The van der Waals surface area contributed by atoms with Crippen LogP contribution in [0.25, 0.3) is 11.6 Å². The van der Waals surface area contributed by atoms with Gasteiger partial charge < -0.3 is 9.73 Å². The fraction of sp³-hybridized carbons (Fsp3) is 0.0952. The summed E-state index contributed by atoms with van der Waals surface area (Å²) < 4.78 is 33.7. The molecule has 0 fully saturated rings. The minimum atomic E-state index is -3.77. The molecule has 1 aliphatic heterocycles. The minimum absolute atomic E-state index is 0.0934. The Morgan fingerprint density at radius 1 is 1.07 bits per heavy atom. The van der Waals surface area contributed by atoms with Gasteiger partial charge in [0.15, 0.2) is 0 Å². The van der Waals surface area contributed by atoms with Crippen molar-refractivity contribution in [1.82, 2.24) is 4.72 Å². The van der Waals surface area contributed by atoms with Crippen LogP contribution >= 0.6 is 0 Å². The maximum absolute atomic E-state index is 12.9. The monoisotopic (exact) mass is 394 g/mol. The van der Waals surface area contributed by atoms with Crippen molar-refractivity contribution in [3.8, 4) is 0 Å². The van der Waals surface area contributed by atoms with Gasteiger partial charge in [-0.25, -0.2) is 13.1 Å². The van der Waals surface area contributed by atoms with Gasteiger partial charge in [0, 0.05) is 17.3 Å². The van der Waals surface area contributed by atoms with Gasteiger partial charge in [-0.05, 0) is 48.9 Å². The zero-order valence-electron chi connectivity index (χ0n) is 15.0. The van der Waals surface area contributed by atoms with Gasteiger partial charge >= 0.3 is 0 Å². The van der Waals surface area contributed by atoms with E-state index in [1.165, 1.54) is 18.4 Å². The van der Waals surface area contributed by atoms with Crippen molar-refractivity contribution < 1.29 is 17.6 Å². The number of anilines is 1. The van der Waals surface area contributed by atoms with E-state index in [4.69, 9.17) is 4.42 Å². The number of carbonyl (C=O) groups excluding carboxylic acids is 1. The van der Waals surface area contributed by atoms with Gasteiger partial charge in [-0.3, -0.25) is 4.79 Å². The van der Waals surface area contributed by atoms with E-state index in [0.717, 1.165) is 5.56 Å². The summed E-state index contributed by atoms with van der Waals surface area (Å²) in [7, 11) is -3.77. The molecule has 142 valence electrons. The molecule has 0 bridgehead atoms. The van der Waals surface area contributed by atoms with Crippen molar-refractivity contribution in [2.24, 2.45) is 0 Å². The van der Waals surface area contributed by atoms with Crippen molar-refractivity contribution >= 4 is 33.3 Å². The molecule has 1 unspecified atom stereocenters. The first kappa shape index (κ1) is 18.2. The summed E-state index contributed by atoms with van der Waals surface area (Å²) in [5.41, 5.74) is 2.31. The van der Waals surface area contributed by atoms with Crippen molar-refractivity contribution in [3.05, 3.63) is 83.8 Å². The van der Waals surface area contributed by atoms with Gasteiger partial charge in [0.25, 0.3) is 5.91 Å². The molecular weight excluding hydrogens is 376 g/mol. The van der Waals surface area contributed by atoms with Crippen LogP contribution in [0.3, 0.4) is 0 Å². The molecule has 7 heteroatoms. The normalized spacial score (nSPS) is 16.0. The Labute approximate surface area is 162 Å². The summed E-state index contributed by atoms with van der Waals surface area (Å²) in [6, 6.07) is 17.0. The first-order valence-corrected chi connectivity index (χ1v) is 10.2. The van der Waals surface area contributed by atoms with E-state index in [0.29, 0.717) is 22.6 Å². The Bertz CT molecular complexity index is 1150. The van der Waals surface area contributed by atoms with Crippen LogP contribution in [0.4, 0.5) is 5.69 Å². The highest BCUT2D eigenvalue weighted by Crippen LogP contribution is 2.35. The van der Waals surface area contributed by atoms with Crippen molar-refractivity contribution in [1.29, 1.82) is 0 Å². The number of furan rings is 1. The van der Waals surface area contributed by atoms with Crippen molar-refractivity contribution in [3.63, 3.8) is 0 Å². The van der Waals surface area contributed by atoms with Gasteiger partial charge in [-0.15, -0.1) is 0 Å². The zero-order chi connectivity index (χ0) is 19.7. The Morgan fingerprint density at radius 3 is 2.57 bits per heavy atom. The molecule has 2 aromatic carbocycles. The van der Waals surface area contributed by atoms with Gasteiger partial charge in [0.1, 0.15) is 5.76 Å². The summed E-state index contributed by atoms with van der Waals surface area (Å²) >= 11 is 0. The van der Waals surface area contributed by atoms with Crippen LogP contribution in [0, 0.1) is 0 Å². The fourth-order valence-corrected chi connectivity index (χ4v) is 4.36. The zero-order valence-corrected chi connectivity index (χ0v) is 15.9. The number of rotatable bonds is 5. The second kappa shape index (κ2) is 7.10. The number of nitrogens with one attached hydrogen (secondary N) is 2. The Balaban J connectivity index is 1.67. The largest absolute Gasteiger partial charge is 0.465 e. The maximum atomic E-state index is 12.9. The summed E-state index contributed by atoms with van der Waals surface area (Å²) in [6.45, 7) is 1.79. The standard InChI is InChI=1S/C21H18N2O4S/c1-14(15-6-3-2-4-7-15)23-28(25,26)17-9-10-20-18(13-17)19(21(24)22-20)12-16-8-5-11-27-16/h2-14,23H,1H3,(H,22,24)/b19-12-. The molecule has 1 aromatic heterocycles. The van der Waals surface area contributed by atoms with Crippen LogP contribution in [0.5, 0.6) is 0 Å². The Hall–Kier alpha value is -3.16. The van der Waals surface area contributed by atoms with Crippen LogP contribution in [-0.2, 0) is 14.8 Å². The van der Waals surface area contributed by atoms with Gasteiger partial charge in [0.05, 0.1) is 16.7 Å². The number of hydrogen-bond acceptors (Lipinski definition) is 4. The predicted octanol–water partition coefficient (Wildman–Crippen LogP) is 3.81. The number of hydrogen-bond donors (Lipinski definition) is 2. The molecule has 3 aromatic rings. The second-order valence-corrected chi connectivity index (χ2v) is 8.20. The molecule has 1 amide bonds.